The lowest BCUT2D eigenvalue weighted by molar-refractivity contribution is -0.120. The van der Waals surface area contributed by atoms with Crippen LogP contribution in [0, 0.1) is 6.92 Å². The third-order valence-corrected chi connectivity index (χ3v) is 7.51. The molecule has 1 atom stereocenters. The quantitative estimate of drug-likeness (QED) is 0.178. The number of H-pyrrole nitrogens is 1. The van der Waals surface area contributed by atoms with Crippen molar-refractivity contribution in [3.63, 3.8) is 0 Å². The number of carboxylic acid groups (broad SMARTS) is 1. The van der Waals surface area contributed by atoms with E-state index in [2.05, 4.69) is 40.8 Å². The Bertz CT molecular complexity index is 1930. The molecule has 0 saturated carbocycles. The predicted octanol–water partition coefficient (Wildman–Crippen LogP) is 4.50. The minimum Gasteiger partial charge on any atom is -0.465 e. The molecule has 5 aromatic rings. The van der Waals surface area contributed by atoms with Crippen molar-refractivity contribution in [2.75, 3.05) is 23.9 Å². The normalized spacial score (nSPS) is 11.8. The van der Waals surface area contributed by atoms with Crippen molar-refractivity contribution in [1.29, 1.82) is 0 Å². The van der Waals surface area contributed by atoms with Gasteiger partial charge in [0.2, 0.25) is 11.8 Å². The Morgan fingerprint density at radius 3 is 2.49 bits per heavy atom. The zero-order valence-electron chi connectivity index (χ0n) is 25.2. The lowest BCUT2D eigenvalue weighted by Crippen LogP contribution is -2.35. The van der Waals surface area contributed by atoms with E-state index in [1.54, 1.807) is 68.7 Å². The Morgan fingerprint density at radius 2 is 1.83 bits per heavy atom. The molecule has 5 rings (SSSR count). The van der Waals surface area contributed by atoms with Crippen LogP contribution in [-0.2, 0) is 9.59 Å². The third kappa shape index (κ3) is 7.77. The zero-order chi connectivity index (χ0) is 33.7. The van der Waals surface area contributed by atoms with Crippen LogP contribution in [0.3, 0.4) is 0 Å². The number of imidazole rings is 1. The topological polar surface area (TPSA) is 188 Å². The summed E-state index contributed by atoms with van der Waals surface area (Å²) in [5, 5.41) is 23.9. The second-order valence-electron chi connectivity index (χ2n) is 10.2. The number of hydrogen-bond acceptors (Lipinski definition) is 9. The highest BCUT2D eigenvalue weighted by atomic mass is 35.5. The monoisotopic (exact) mass is 675 g/mol. The first-order chi connectivity index (χ1) is 22.5. The molecule has 0 saturated heterocycles. The molecule has 0 fully saturated rings. The molecule has 2 aromatic carbocycles. The number of halogens is 2. The summed E-state index contributed by atoms with van der Waals surface area (Å²) in [7, 11) is 2.98. The summed E-state index contributed by atoms with van der Waals surface area (Å²) in [5.41, 5.74) is 3.20. The van der Waals surface area contributed by atoms with Gasteiger partial charge in [-0.3, -0.25) is 24.4 Å². The highest BCUT2D eigenvalue weighted by Gasteiger charge is 2.26. The van der Waals surface area contributed by atoms with E-state index in [0.717, 1.165) is 4.90 Å². The van der Waals surface area contributed by atoms with Gasteiger partial charge in [0.25, 0.3) is 0 Å². The molecule has 0 aliphatic heterocycles. The SMILES string of the molecule is Cc1cnc(N(C)C(=O)C[C@H](NC(=O)/C=C/c2cc(Cl)ccc2-n2cnnn2)c2nc(-c3ccc(N(C)C(=O)O)cc3)c(Cl)[nH]2)cn1. The minimum absolute atomic E-state index is 0.157. The van der Waals surface area contributed by atoms with Crippen LogP contribution in [0.25, 0.3) is 23.0 Å². The van der Waals surface area contributed by atoms with E-state index in [1.165, 1.54) is 35.2 Å². The molecular formula is C30H27Cl2N11O4. The van der Waals surface area contributed by atoms with Crippen molar-refractivity contribution in [3.8, 4) is 16.9 Å². The first-order valence-electron chi connectivity index (χ1n) is 13.9. The Morgan fingerprint density at radius 1 is 1.06 bits per heavy atom. The minimum atomic E-state index is -1.11. The maximum atomic E-state index is 13.4. The number of aryl methyl sites for hydroxylation is 1. The van der Waals surface area contributed by atoms with E-state index in [1.807, 2.05) is 0 Å². The van der Waals surface area contributed by atoms with Gasteiger partial charge < -0.3 is 15.4 Å². The van der Waals surface area contributed by atoms with Crippen LogP contribution in [0.5, 0.6) is 0 Å². The van der Waals surface area contributed by atoms with Gasteiger partial charge in [-0.1, -0.05) is 35.3 Å². The summed E-state index contributed by atoms with van der Waals surface area (Å²) >= 11 is 12.8. The summed E-state index contributed by atoms with van der Waals surface area (Å²) in [4.78, 5) is 56.5. The van der Waals surface area contributed by atoms with E-state index in [0.29, 0.717) is 44.7 Å². The van der Waals surface area contributed by atoms with Crippen LogP contribution in [0.4, 0.5) is 16.3 Å². The number of carbonyl (C=O) groups excluding carboxylic acids is 2. The number of aromatic amines is 1. The van der Waals surface area contributed by atoms with Crippen molar-refractivity contribution in [1.82, 2.24) is 45.5 Å². The van der Waals surface area contributed by atoms with Crippen molar-refractivity contribution in [3.05, 3.63) is 94.5 Å². The predicted molar refractivity (Wildman–Crippen MR) is 174 cm³/mol. The fourth-order valence-corrected chi connectivity index (χ4v) is 4.85. The zero-order valence-corrected chi connectivity index (χ0v) is 26.7. The summed E-state index contributed by atoms with van der Waals surface area (Å²) < 4.78 is 1.43. The fourth-order valence-electron chi connectivity index (χ4n) is 4.42. The van der Waals surface area contributed by atoms with Gasteiger partial charge in [-0.2, -0.15) is 4.68 Å². The largest absolute Gasteiger partial charge is 0.465 e. The lowest BCUT2D eigenvalue weighted by atomic mass is 10.1. The molecule has 47 heavy (non-hydrogen) atoms. The van der Waals surface area contributed by atoms with E-state index >= 15 is 0 Å². The van der Waals surface area contributed by atoms with Crippen LogP contribution >= 0.6 is 23.2 Å². The van der Waals surface area contributed by atoms with Crippen molar-refractivity contribution >= 4 is 58.7 Å². The Labute approximate surface area is 277 Å². The number of nitrogens with one attached hydrogen (secondary N) is 2. The van der Waals surface area contributed by atoms with Crippen molar-refractivity contribution in [2.45, 2.75) is 19.4 Å². The first kappa shape index (κ1) is 32.7. The van der Waals surface area contributed by atoms with Crippen LogP contribution in [0.2, 0.25) is 10.2 Å². The Balaban J connectivity index is 1.43. The maximum absolute atomic E-state index is 13.4. The van der Waals surface area contributed by atoms with Gasteiger partial charge in [0.05, 0.1) is 36.2 Å². The van der Waals surface area contributed by atoms with Gasteiger partial charge in [0.15, 0.2) is 5.82 Å². The summed E-state index contributed by atoms with van der Waals surface area (Å²) in [6, 6.07) is 10.6. The number of hydrogen-bond donors (Lipinski definition) is 3. The molecule has 17 heteroatoms. The molecule has 0 bridgehead atoms. The molecule has 0 unspecified atom stereocenters. The molecule has 3 amide bonds. The third-order valence-electron chi connectivity index (χ3n) is 7.00. The molecule has 0 aliphatic rings. The number of rotatable bonds is 10. The smallest absolute Gasteiger partial charge is 0.411 e. The number of benzene rings is 2. The Hall–Kier alpha value is -5.67. The summed E-state index contributed by atoms with van der Waals surface area (Å²) in [5.74, 6) is -0.389. The Kier molecular flexibility index (Phi) is 9.87. The van der Waals surface area contributed by atoms with Gasteiger partial charge in [-0.05, 0) is 53.8 Å². The summed E-state index contributed by atoms with van der Waals surface area (Å²) in [6.45, 7) is 1.78. The molecule has 3 heterocycles. The van der Waals surface area contributed by atoms with Gasteiger partial charge in [-0.25, -0.2) is 14.8 Å². The van der Waals surface area contributed by atoms with Crippen molar-refractivity contribution in [2.24, 2.45) is 0 Å². The number of carbonyl (C=O) groups is 3. The van der Waals surface area contributed by atoms with Gasteiger partial charge >= 0.3 is 6.09 Å². The maximum Gasteiger partial charge on any atom is 0.411 e. The molecule has 0 aliphatic carbocycles. The standard InChI is InChI=1S/C30H27Cl2N11O4/c1-17-14-34-24(15-33-17)42(3)26(45)13-22(29-37-27(28(32)38-29)18-4-8-21(9-5-18)41(2)30(46)47)36-25(44)11-6-19-12-20(31)7-10-23(19)43-16-35-39-40-43/h4-12,14-16,22H,13H2,1-3H3,(H,36,44)(H,37,38)(H,46,47)/b11-6+/t22-/m0/s1. The molecule has 0 radical (unpaired) electrons. The molecule has 0 spiro atoms. The molecule has 240 valence electrons. The molecular weight excluding hydrogens is 649 g/mol. The second kappa shape index (κ2) is 14.2. The van der Waals surface area contributed by atoms with Crippen LogP contribution in [0.15, 0.2) is 67.3 Å². The van der Waals surface area contributed by atoms with Crippen LogP contribution < -0.4 is 15.1 Å². The van der Waals surface area contributed by atoms with E-state index < -0.39 is 18.0 Å². The number of anilines is 2. The van der Waals surface area contributed by atoms with Crippen molar-refractivity contribution < 1.29 is 19.5 Å². The van der Waals surface area contributed by atoms with E-state index in [-0.39, 0.29) is 23.3 Å². The number of amides is 3. The second-order valence-corrected chi connectivity index (χ2v) is 11.0. The fraction of sp³-hybridized carbons (Fsp3) is 0.167. The average Bonchev–Trinajstić information content (AvgIpc) is 3.73. The van der Waals surface area contributed by atoms with Gasteiger partial charge in [-0.15, -0.1) is 5.10 Å². The van der Waals surface area contributed by atoms with E-state index in [9.17, 15) is 19.5 Å². The first-order valence-corrected chi connectivity index (χ1v) is 14.6. The molecule has 3 aromatic heterocycles. The van der Waals surface area contributed by atoms with Crippen LogP contribution in [0.1, 0.15) is 29.5 Å². The highest BCUT2D eigenvalue weighted by Crippen LogP contribution is 2.30. The highest BCUT2D eigenvalue weighted by molar-refractivity contribution is 6.32. The van der Waals surface area contributed by atoms with E-state index in [4.69, 9.17) is 23.2 Å². The summed E-state index contributed by atoms with van der Waals surface area (Å²) in [6.07, 6.45) is 5.93. The number of aromatic nitrogens is 8. The number of tetrazole rings is 1. The van der Waals surface area contributed by atoms with Gasteiger partial charge in [0.1, 0.15) is 23.0 Å². The lowest BCUT2D eigenvalue weighted by Gasteiger charge is -2.20. The van der Waals surface area contributed by atoms with Crippen LogP contribution in [-0.4, -0.2) is 77.3 Å². The number of nitrogens with zero attached hydrogens (tertiary/aromatic N) is 9. The molecule has 3 N–H and O–H groups in total. The van der Waals surface area contributed by atoms with Gasteiger partial charge in [0, 0.05) is 42.0 Å². The molecule has 15 nitrogen and oxygen atoms in total. The average molecular weight is 677 g/mol.